The Morgan fingerprint density at radius 1 is 0.810 bits per heavy atom. The summed E-state index contributed by atoms with van der Waals surface area (Å²) in [6.07, 6.45) is 16.5. The third kappa shape index (κ3) is 13.6. The second-order valence-corrected chi connectivity index (χ2v) is 5.38. The Labute approximate surface area is 131 Å². The van der Waals surface area contributed by atoms with Gasteiger partial charge in [0, 0.05) is 0 Å². The van der Waals surface area contributed by atoms with Gasteiger partial charge in [0.1, 0.15) is 0 Å². The molecule has 0 spiro atoms. The van der Waals surface area contributed by atoms with Gasteiger partial charge in [-0.3, -0.25) is 0 Å². The molecule has 0 aromatic carbocycles. The number of hydrogen-bond acceptors (Lipinski definition) is 2. The van der Waals surface area contributed by atoms with Crippen LogP contribution in [0.2, 0.25) is 0 Å². The van der Waals surface area contributed by atoms with Crippen LogP contribution in [0.25, 0.3) is 0 Å². The second-order valence-electron chi connectivity index (χ2n) is 5.38. The highest BCUT2D eigenvalue weighted by Crippen LogP contribution is 2.09. The van der Waals surface area contributed by atoms with Crippen molar-refractivity contribution in [3.8, 4) is 0 Å². The van der Waals surface area contributed by atoms with Gasteiger partial charge in [-0.1, -0.05) is 49.6 Å². The van der Waals surface area contributed by atoms with E-state index in [9.17, 15) is 0 Å². The van der Waals surface area contributed by atoms with E-state index in [1.807, 2.05) is 12.2 Å². The van der Waals surface area contributed by atoms with Crippen molar-refractivity contribution in [2.45, 2.75) is 64.8 Å². The van der Waals surface area contributed by atoms with Crippen molar-refractivity contribution in [1.82, 2.24) is 0 Å². The minimum atomic E-state index is 0.134. The summed E-state index contributed by atoms with van der Waals surface area (Å²) in [5.41, 5.74) is 0. The zero-order chi connectivity index (χ0) is 15.9. The number of allylic oxidation sites excluding steroid dienone is 6. The Morgan fingerprint density at radius 3 is 1.86 bits per heavy atom. The van der Waals surface area contributed by atoms with Crippen LogP contribution in [0.15, 0.2) is 49.6 Å². The van der Waals surface area contributed by atoms with E-state index in [0.717, 1.165) is 25.7 Å². The topological polar surface area (TPSA) is 18.5 Å². The zero-order valence-electron chi connectivity index (χ0n) is 14.0. The molecule has 120 valence electrons. The average Bonchev–Trinajstić information content (AvgIpc) is 2.46. The molecule has 0 saturated heterocycles. The molecule has 3 atom stereocenters. The largest absolute Gasteiger partial charge is 0.376 e. The maximum Gasteiger partial charge on any atom is 0.0784 e. The molecule has 0 aliphatic heterocycles. The highest BCUT2D eigenvalue weighted by molar-refractivity contribution is 4.97. The highest BCUT2D eigenvalue weighted by atomic mass is 16.5. The van der Waals surface area contributed by atoms with Crippen LogP contribution in [-0.4, -0.2) is 24.9 Å². The first-order valence-corrected chi connectivity index (χ1v) is 7.92. The van der Waals surface area contributed by atoms with Crippen LogP contribution in [-0.2, 0) is 9.47 Å². The molecule has 0 aliphatic rings. The van der Waals surface area contributed by atoms with E-state index in [2.05, 4.69) is 46.1 Å². The van der Waals surface area contributed by atoms with E-state index in [-0.39, 0.29) is 18.3 Å². The molecule has 0 radical (unpaired) electrons. The number of hydrogen-bond donors (Lipinski definition) is 0. The quantitative estimate of drug-likeness (QED) is 0.433. The van der Waals surface area contributed by atoms with Crippen LogP contribution < -0.4 is 0 Å². The van der Waals surface area contributed by atoms with Gasteiger partial charge in [0.15, 0.2) is 0 Å². The Bertz CT molecular complexity index is 318. The Balaban J connectivity index is 3.69. The molecule has 0 fully saturated rings. The minimum Gasteiger partial charge on any atom is -0.376 e. The molecule has 0 bridgehead atoms. The Morgan fingerprint density at radius 2 is 1.33 bits per heavy atom. The SMILES string of the molecule is C=CC=CCCC(C)OCC(C)OC(C)CCC=CC=C. The first-order valence-electron chi connectivity index (χ1n) is 7.92. The standard InChI is InChI=1S/C19H32O2/c1-6-8-10-12-14-17(3)20-16-19(5)21-18(4)15-13-11-9-7-2/h6-11,17-19H,1-2,12-16H2,3-5H3. The van der Waals surface area contributed by atoms with Gasteiger partial charge in [0.2, 0.25) is 0 Å². The second kappa shape index (κ2) is 13.8. The van der Waals surface area contributed by atoms with Gasteiger partial charge in [0.25, 0.3) is 0 Å². The molecule has 0 N–H and O–H groups in total. The number of rotatable bonds is 13. The molecule has 0 heterocycles. The summed E-state index contributed by atoms with van der Waals surface area (Å²) in [4.78, 5) is 0. The van der Waals surface area contributed by atoms with Crippen molar-refractivity contribution in [1.29, 1.82) is 0 Å². The molecule has 2 nitrogen and oxygen atoms in total. The van der Waals surface area contributed by atoms with Crippen LogP contribution in [0, 0.1) is 0 Å². The van der Waals surface area contributed by atoms with Gasteiger partial charge in [0.05, 0.1) is 24.9 Å². The lowest BCUT2D eigenvalue weighted by Gasteiger charge is -2.21. The fourth-order valence-corrected chi connectivity index (χ4v) is 1.93. The van der Waals surface area contributed by atoms with E-state index in [0.29, 0.717) is 6.61 Å². The number of ether oxygens (including phenoxy) is 2. The van der Waals surface area contributed by atoms with E-state index >= 15 is 0 Å². The summed E-state index contributed by atoms with van der Waals surface area (Å²) in [5.74, 6) is 0. The van der Waals surface area contributed by atoms with Crippen LogP contribution in [0.3, 0.4) is 0 Å². The molecule has 21 heavy (non-hydrogen) atoms. The maximum absolute atomic E-state index is 5.91. The lowest BCUT2D eigenvalue weighted by atomic mass is 10.2. The van der Waals surface area contributed by atoms with E-state index in [1.54, 1.807) is 12.2 Å². The van der Waals surface area contributed by atoms with E-state index in [1.165, 1.54) is 0 Å². The van der Waals surface area contributed by atoms with Gasteiger partial charge in [-0.05, 0) is 46.5 Å². The fourth-order valence-electron chi connectivity index (χ4n) is 1.93. The monoisotopic (exact) mass is 292 g/mol. The van der Waals surface area contributed by atoms with Crippen molar-refractivity contribution in [3.63, 3.8) is 0 Å². The van der Waals surface area contributed by atoms with Gasteiger partial charge in [-0.2, -0.15) is 0 Å². The lowest BCUT2D eigenvalue weighted by molar-refractivity contribution is -0.0612. The van der Waals surface area contributed by atoms with Crippen molar-refractivity contribution in [2.75, 3.05) is 6.61 Å². The predicted molar refractivity (Wildman–Crippen MR) is 92.6 cm³/mol. The van der Waals surface area contributed by atoms with Crippen LogP contribution in [0.1, 0.15) is 46.5 Å². The van der Waals surface area contributed by atoms with Crippen molar-refractivity contribution >= 4 is 0 Å². The van der Waals surface area contributed by atoms with Gasteiger partial charge in [-0.25, -0.2) is 0 Å². The molecule has 0 aromatic heterocycles. The van der Waals surface area contributed by atoms with Crippen molar-refractivity contribution in [2.24, 2.45) is 0 Å². The van der Waals surface area contributed by atoms with E-state index in [4.69, 9.17) is 9.47 Å². The van der Waals surface area contributed by atoms with Crippen LogP contribution >= 0.6 is 0 Å². The molecule has 0 amide bonds. The minimum absolute atomic E-state index is 0.134. The first-order chi connectivity index (χ1) is 10.1. The molecule has 0 saturated carbocycles. The zero-order valence-corrected chi connectivity index (χ0v) is 14.0. The molecule has 0 aromatic rings. The Hall–Kier alpha value is -1.12. The molecule has 0 aliphatic carbocycles. The van der Waals surface area contributed by atoms with Gasteiger partial charge >= 0.3 is 0 Å². The third-order valence-electron chi connectivity index (χ3n) is 3.10. The normalized spacial score (nSPS) is 16.1. The van der Waals surface area contributed by atoms with Crippen molar-refractivity contribution < 1.29 is 9.47 Å². The summed E-state index contributed by atoms with van der Waals surface area (Å²) in [5, 5.41) is 0. The predicted octanol–water partition coefficient (Wildman–Crippen LogP) is 5.23. The van der Waals surface area contributed by atoms with Crippen molar-refractivity contribution in [3.05, 3.63) is 49.6 Å². The van der Waals surface area contributed by atoms with Crippen LogP contribution in [0.4, 0.5) is 0 Å². The molecule has 0 rings (SSSR count). The lowest BCUT2D eigenvalue weighted by Crippen LogP contribution is -2.24. The molecule has 3 unspecified atom stereocenters. The van der Waals surface area contributed by atoms with Crippen LogP contribution in [0.5, 0.6) is 0 Å². The Kier molecular flexibility index (Phi) is 13.1. The summed E-state index contributed by atoms with van der Waals surface area (Å²) in [6.45, 7) is 14.3. The summed E-state index contributed by atoms with van der Waals surface area (Å²) in [6, 6.07) is 0. The molecular weight excluding hydrogens is 260 g/mol. The molecular formula is C19H32O2. The molecule has 2 heteroatoms. The average molecular weight is 292 g/mol. The first kappa shape index (κ1) is 19.9. The smallest absolute Gasteiger partial charge is 0.0784 e. The van der Waals surface area contributed by atoms with Gasteiger partial charge < -0.3 is 9.47 Å². The fraction of sp³-hybridized carbons (Fsp3) is 0.579. The highest BCUT2D eigenvalue weighted by Gasteiger charge is 2.10. The summed E-state index contributed by atoms with van der Waals surface area (Å²) >= 11 is 0. The maximum atomic E-state index is 5.91. The third-order valence-corrected chi connectivity index (χ3v) is 3.10. The van der Waals surface area contributed by atoms with E-state index < -0.39 is 0 Å². The summed E-state index contributed by atoms with van der Waals surface area (Å²) in [7, 11) is 0. The van der Waals surface area contributed by atoms with Gasteiger partial charge in [-0.15, -0.1) is 0 Å². The summed E-state index contributed by atoms with van der Waals surface area (Å²) < 4.78 is 11.7.